The van der Waals surface area contributed by atoms with Crippen molar-refractivity contribution in [1.29, 1.82) is 0 Å². The fourth-order valence-electron chi connectivity index (χ4n) is 3.18. The Morgan fingerprint density at radius 3 is 2.52 bits per heavy atom. The van der Waals surface area contributed by atoms with E-state index in [9.17, 15) is 27.6 Å². The molecule has 0 fully saturated rings. The van der Waals surface area contributed by atoms with Crippen LogP contribution < -0.4 is 16.6 Å². The van der Waals surface area contributed by atoms with Gasteiger partial charge in [0.15, 0.2) is 0 Å². The minimum absolute atomic E-state index is 0.0907. The van der Waals surface area contributed by atoms with E-state index in [-0.39, 0.29) is 21.7 Å². The van der Waals surface area contributed by atoms with Crippen LogP contribution in [0.15, 0.2) is 53.5 Å². The normalized spacial score (nSPS) is 12.5. The van der Waals surface area contributed by atoms with Crippen molar-refractivity contribution in [3.63, 3.8) is 0 Å². The zero-order valence-electron chi connectivity index (χ0n) is 16.2. The van der Waals surface area contributed by atoms with Gasteiger partial charge in [-0.05, 0) is 42.8 Å². The van der Waals surface area contributed by atoms with Gasteiger partial charge in [0.1, 0.15) is 6.04 Å². The maximum absolute atomic E-state index is 13.3. The van der Waals surface area contributed by atoms with Crippen LogP contribution in [0.2, 0.25) is 5.02 Å². The molecule has 3 rings (SSSR count). The molecule has 0 saturated heterocycles. The number of benzene rings is 2. The van der Waals surface area contributed by atoms with Crippen molar-refractivity contribution in [2.45, 2.75) is 25.6 Å². The highest BCUT2D eigenvalue weighted by Crippen LogP contribution is 2.34. The van der Waals surface area contributed by atoms with Gasteiger partial charge < -0.3 is 15.6 Å². The van der Waals surface area contributed by atoms with Gasteiger partial charge in [0, 0.05) is 27.7 Å². The quantitative estimate of drug-likeness (QED) is 0.616. The van der Waals surface area contributed by atoms with Gasteiger partial charge in [-0.3, -0.25) is 14.4 Å². The minimum atomic E-state index is -4.66. The fraction of sp³-hybridized carbons (Fsp3) is 0.190. The number of nitrogens with two attached hydrogens (primary N) is 1. The van der Waals surface area contributed by atoms with Crippen LogP contribution >= 0.6 is 11.6 Å². The predicted molar refractivity (Wildman–Crippen MR) is 111 cm³/mol. The number of primary amides is 1. The molecule has 2 amide bonds. The number of hydrogen-bond donors (Lipinski definition) is 2. The maximum Gasteiger partial charge on any atom is 0.416 e. The van der Waals surface area contributed by atoms with E-state index in [1.54, 1.807) is 0 Å². The molecule has 0 saturated carbocycles. The molecule has 1 heterocycles. The summed E-state index contributed by atoms with van der Waals surface area (Å²) >= 11 is 5.66. The predicted octanol–water partition coefficient (Wildman–Crippen LogP) is 3.90. The molecule has 31 heavy (non-hydrogen) atoms. The molecular weight excluding hydrogens is 435 g/mol. The molecule has 1 atom stereocenters. The van der Waals surface area contributed by atoms with E-state index in [1.807, 2.05) is 0 Å². The molecule has 2 aromatic carbocycles. The number of halogens is 4. The van der Waals surface area contributed by atoms with Crippen molar-refractivity contribution in [1.82, 2.24) is 4.57 Å². The zero-order chi connectivity index (χ0) is 22.9. The first kappa shape index (κ1) is 22.4. The Kier molecular flexibility index (Phi) is 6.08. The van der Waals surface area contributed by atoms with Crippen LogP contribution in [-0.2, 0) is 22.2 Å². The highest BCUT2D eigenvalue weighted by Gasteiger charge is 2.34. The monoisotopic (exact) mass is 451 g/mol. The molecule has 3 N–H and O–H groups in total. The van der Waals surface area contributed by atoms with Gasteiger partial charge in [0.25, 0.3) is 5.56 Å². The Bertz CT molecular complexity index is 1240. The summed E-state index contributed by atoms with van der Waals surface area (Å²) in [7, 11) is 0. The summed E-state index contributed by atoms with van der Waals surface area (Å²) in [5.41, 5.74) is 3.80. The first-order valence-electron chi connectivity index (χ1n) is 9.07. The summed E-state index contributed by atoms with van der Waals surface area (Å²) in [4.78, 5) is 36.6. The minimum Gasteiger partial charge on any atom is -0.368 e. The third-order valence-electron chi connectivity index (χ3n) is 4.80. The SMILES string of the molecule is C[C@@H](C(N)=O)n1ccc2c(NC(=O)Cc3ccc(Cl)cc3C(F)(F)F)cccc2c1=O. The number of fused-ring (bicyclic) bond motifs is 1. The standard InChI is InChI=1S/C21H17ClF3N3O3/c1-11(19(26)30)28-8-7-14-15(20(28)31)3-2-4-17(14)27-18(29)9-12-5-6-13(22)10-16(12)21(23,24)25/h2-8,10-11H,9H2,1H3,(H2,26,30)(H,27,29)/t11-/m0/s1. The number of aromatic nitrogens is 1. The van der Waals surface area contributed by atoms with E-state index in [2.05, 4.69) is 5.32 Å². The Morgan fingerprint density at radius 2 is 1.87 bits per heavy atom. The van der Waals surface area contributed by atoms with E-state index in [1.165, 1.54) is 48.0 Å². The third-order valence-corrected chi connectivity index (χ3v) is 5.04. The smallest absolute Gasteiger partial charge is 0.368 e. The number of alkyl halides is 3. The molecule has 10 heteroatoms. The van der Waals surface area contributed by atoms with Crippen molar-refractivity contribution < 1.29 is 22.8 Å². The zero-order valence-corrected chi connectivity index (χ0v) is 16.9. The van der Waals surface area contributed by atoms with Crippen LogP contribution in [0.1, 0.15) is 24.1 Å². The molecule has 0 aliphatic rings. The number of carbonyl (C=O) groups excluding carboxylic acids is 2. The molecule has 1 aromatic heterocycles. The largest absolute Gasteiger partial charge is 0.416 e. The fourth-order valence-corrected chi connectivity index (χ4v) is 3.35. The molecule has 6 nitrogen and oxygen atoms in total. The number of rotatable bonds is 5. The van der Waals surface area contributed by atoms with Crippen molar-refractivity contribution >= 4 is 39.9 Å². The second-order valence-corrected chi connectivity index (χ2v) is 7.33. The number of hydrogen-bond acceptors (Lipinski definition) is 3. The Morgan fingerprint density at radius 1 is 1.16 bits per heavy atom. The van der Waals surface area contributed by atoms with Gasteiger partial charge in [-0.25, -0.2) is 0 Å². The number of anilines is 1. The van der Waals surface area contributed by atoms with E-state index in [0.717, 1.165) is 12.1 Å². The lowest BCUT2D eigenvalue weighted by atomic mass is 10.0. The van der Waals surface area contributed by atoms with E-state index >= 15 is 0 Å². The summed E-state index contributed by atoms with van der Waals surface area (Å²) in [6.07, 6.45) is -3.84. The van der Waals surface area contributed by atoms with Crippen LogP contribution in [0.4, 0.5) is 18.9 Å². The van der Waals surface area contributed by atoms with Crippen LogP contribution in [-0.4, -0.2) is 16.4 Å². The Hall–Kier alpha value is -3.33. The lowest BCUT2D eigenvalue weighted by molar-refractivity contribution is -0.138. The average Bonchev–Trinajstić information content (AvgIpc) is 2.69. The van der Waals surface area contributed by atoms with Gasteiger partial charge in [-0.1, -0.05) is 23.7 Å². The molecular formula is C21H17ClF3N3O3. The number of nitrogens with one attached hydrogen (secondary N) is 1. The summed E-state index contributed by atoms with van der Waals surface area (Å²) in [6, 6.07) is 8.40. The maximum atomic E-state index is 13.3. The highest BCUT2D eigenvalue weighted by atomic mass is 35.5. The van der Waals surface area contributed by atoms with Gasteiger partial charge >= 0.3 is 6.18 Å². The first-order valence-corrected chi connectivity index (χ1v) is 9.45. The second kappa shape index (κ2) is 8.43. The number of nitrogens with zero attached hydrogens (tertiary/aromatic N) is 1. The number of carbonyl (C=O) groups is 2. The van der Waals surface area contributed by atoms with E-state index < -0.39 is 41.6 Å². The average molecular weight is 452 g/mol. The molecule has 0 aliphatic heterocycles. The summed E-state index contributed by atoms with van der Waals surface area (Å²) in [5, 5.41) is 3.05. The number of amides is 2. The highest BCUT2D eigenvalue weighted by molar-refractivity contribution is 6.30. The number of pyridine rings is 1. The van der Waals surface area contributed by atoms with Crippen LogP contribution in [0, 0.1) is 0 Å². The summed E-state index contributed by atoms with van der Waals surface area (Å²) in [6.45, 7) is 1.48. The third kappa shape index (κ3) is 4.72. The lowest BCUT2D eigenvalue weighted by Crippen LogP contribution is -2.31. The van der Waals surface area contributed by atoms with Crippen LogP contribution in [0.25, 0.3) is 10.8 Å². The van der Waals surface area contributed by atoms with E-state index in [0.29, 0.717) is 5.39 Å². The lowest BCUT2D eigenvalue weighted by Gasteiger charge is -2.15. The second-order valence-electron chi connectivity index (χ2n) is 6.90. The first-order chi connectivity index (χ1) is 14.5. The van der Waals surface area contributed by atoms with Gasteiger partial charge in [0.2, 0.25) is 11.8 Å². The molecule has 0 radical (unpaired) electrons. The molecule has 162 valence electrons. The molecule has 0 bridgehead atoms. The molecule has 3 aromatic rings. The van der Waals surface area contributed by atoms with Crippen molar-refractivity contribution in [2.75, 3.05) is 5.32 Å². The Labute approximate surface area is 179 Å². The molecule has 0 spiro atoms. The van der Waals surface area contributed by atoms with Crippen LogP contribution in [0.3, 0.4) is 0 Å². The summed E-state index contributed by atoms with van der Waals surface area (Å²) < 4.78 is 40.9. The molecule has 0 aliphatic carbocycles. The van der Waals surface area contributed by atoms with Crippen molar-refractivity contribution in [3.8, 4) is 0 Å². The van der Waals surface area contributed by atoms with Crippen molar-refractivity contribution in [3.05, 3.63) is 75.2 Å². The Balaban J connectivity index is 1.93. The summed E-state index contributed by atoms with van der Waals surface area (Å²) in [5.74, 6) is -1.38. The molecule has 0 unspecified atom stereocenters. The van der Waals surface area contributed by atoms with Crippen molar-refractivity contribution in [2.24, 2.45) is 5.73 Å². The van der Waals surface area contributed by atoms with E-state index in [4.69, 9.17) is 17.3 Å². The van der Waals surface area contributed by atoms with Gasteiger partial charge in [-0.15, -0.1) is 0 Å². The topological polar surface area (TPSA) is 94.2 Å². The van der Waals surface area contributed by atoms with Crippen LogP contribution in [0.5, 0.6) is 0 Å². The van der Waals surface area contributed by atoms with Gasteiger partial charge in [-0.2, -0.15) is 13.2 Å². The van der Waals surface area contributed by atoms with Gasteiger partial charge in [0.05, 0.1) is 12.0 Å².